The van der Waals surface area contributed by atoms with Crippen LogP contribution in [-0.4, -0.2) is 42.6 Å². The molecular weight excluding hydrogens is 318 g/mol. The highest BCUT2D eigenvalue weighted by Crippen LogP contribution is 2.27. The van der Waals surface area contributed by atoms with Gasteiger partial charge in [0.2, 0.25) is 0 Å². The number of hydrogen-bond acceptors (Lipinski definition) is 6. The van der Waals surface area contributed by atoms with Crippen molar-refractivity contribution in [2.24, 2.45) is 13.0 Å². The third-order valence-corrected chi connectivity index (χ3v) is 4.85. The summed E-state index contributed by atoms with van der Waals surface area (Å²) in [5, 5.41) is 9.61. The quantitative estimate of drug-likeness (QED) is 0.712. The van der Waals surface area contributed by atoms with Gasteiger partial charge in [-0.3, -0.25) is 9.48 Å². The van der Waals surface area contributed by atoms with Gasteiger partial charge in [0.1, 0.15) is 12.1 Å². The predicted octanol–water partition coefficient (Wildman–Crippen LogP) is 1.15. The van der Waals surface area contributed by atoms with Crippen molar-refractivity contribution in [3.8, 4) is 0 Å². The number of aromatic nitrogens is 6. The van der Waals surface area contributed by atoms with Crippen molar-refractivity contribution in [2.45, 2.75) is 26.3 Å². The fourth-order valence-corrected chi connectivity index (χ4v) is 3.46. The van der Waals surface area contributed by atoms with Gasteiger partial charge in [-0.05, 0) is 31.7 Å². The Hall–Kier alpha value is -2.77. The topological polar surface area (TPSA) is 81.7 Å². The van der Waals surface area contributed by atoms with E-state index in [2.05, 4.69) is 25.1 Å². The van der Waals surface area contributed by atoms with E-state index in [4.69, 9.17) is 0 Å². The fraction of sp³-hybridized carbons (Fsp3) is 0.471. The van der Waals surface area contributed by atoms with E-state index in [0.29, 0.717) is 12.5 Å². The SMILES string of the molecule is Cc1ccc(=O)n(CC2CCN(c3ncnc4c3cnn4C)CC2)n1. The molecule has 1 aliphatic rings. The second-order valence-corrected chi connectivity index (χ2v) is 6.63. The molecule has 0 amide bonds. The number of piperidine rings is 1. The molecule has 0 bridgehead atoms. The fourth-order valence-electron chi connectivity index (χ4n) is 3.46. The van der Waals surface area contributed by atoms with Crippen LogP contribution in [-0.2, 0) is 13.6 Å². The molecule has 0 unspecified atom stereocenters. The van der Waals surface area contributed by atoms with Crippen LogP contribution in [0.4, 0.5) is 5.82 Å². The van der Waals surface area contributed by atoms with Crippen LogP contribution in [0.1, 0.15) is 18.5 Å². The normalized spacial score (nSPS) is 15.8. The van der Waals surface area contributed by atoms with Gasteiger partial charge in [0.15, 0.2) is 5.65 Å². The lowest BCUT2D eigenvalue weighted by molar-refractivity contribution is 0.333. The molecule has 0 N–H and O–H groups in total. The maximum absolute atomic E-state index is 11.9. The van der Waals surface area contributed by atoms with Gasteiger partial charge in [0, 0.05) is 32.7 Å². The summed E-state index contributed by atoms with van der Waals surface area (Å²) in [5.41, 5.74) is 1.69. The smallest absolute Gasteiger partial charge is 0.266 e. The lowest BCUT2D eigenvalue weighted by Gasteiger charge is -2.33. The second-order valence-electron chi connectivity index (χ2n) is 6.63. The third-order valence-electron chi connectivity index (χ3n) is 4.85. The van der Waals surface area contributed by atoms with Crippen molar-refractivity contribution in [3.05, 3.63) is 40.7 Å². The van der Waals surface area contributed by atoms with E-state index in [0.717, 1.165) is 48.5 Å². The molecular formula is C17H21N7O. The molecule has 0 saturated carbocycles. The van der Waals surface area contributed by atoms with Crippen LogP contribution >= 0.6 is 0 Å². The third kappa shape index (κ3) is 2.99. The highest BCUT2D eigenvalue weighted by atomic mass is 16.1. The van der Waals surface area contributed by atoms with Crippen molar-refractivity contribution in [3.63, 3.8) is 0 Å². The summed E-state index contributed by atoms with van der Waals surface area (Å²) in [4.78, 5) is 23.0. The monoisotopic (exact) mass is 339 g/mol. The number of fused-ring (bicyclic) bond motifs is 1. The van der Waals surface area contributed by atoms with Gasteiger partial charge in [-0.2, -0.15) is 10.2 Å². The van der Waals surface area contributed by atoms with Crippen molar-refractivity contribution in [1.29, 1.82) is 0 Å². The number of rotatable bonds is 3. The molecule has 25 heavy (non-hydrogen) atoms. The van der Waals surface area contributed by atoms with Gasteiger partial charge >= 0.3 is 0 Å². The van der Waals surface area contributed by atoms with Crippen LogP contribution in [0.25, 0.3) is 11.0 Å². The average Bonchev–Trinajstić information content (AvgIpc) is 3.00. The molecule has 0 spiro atoms. The van der Waals surface area contributed by atoms with Crippen LogP contribution in [0.2, 0.25) is 0 Å². The minimum atomic E-state index is -0.0269. The van der Waals surface area contributed by atoms with Gasteiger partial charge < -0.3 is 4.90 Å². The van der Waals surface area contributed by atoms with Gasteiger partial charge in [-0.1, -0.05) is 0 Å². The maximum Gasteiger partial charge on any atom is 0.266 e. The largest absolute Gasteiger partial charge is 0.356 e. The molecule has 3 aromatic rings. The summed E-state index contributed by atoms with van der Waals surface area (Å²) in [6.07, 6.45) is 5.44. The van der Waals surface area contributed by atoms with E-state index in [-0.39, 0.29) is 5.56 Å². The highest BCUT2D eigenvalue weighted by molar-refractivity contribution is 5.86. The Balaban J connectivity index is 1.48. The molecule has 4 rings (SSSR count). The molecule has 0 aromatic carbocycles. The molecule has 1 saturated heterocycles. The molecule has 1 fully saturated rings. The molecule has 0 radical (unpaired) electrons. The minimum absolute atomic E-state index is 0.0269. The summed E-state index contributed by atoms with van der Waals surface area (Å²) in [6, 6.07) is 3.35. The standard InChI is InChI=1S/C17H21N7O/c1-12-3-4-15(25)24(21-12)10-13-5-7-23(8-6-13)17-14-9-20-22(2)16(14)18-11-19-17/h3-4,9,11,13H,5-8,10H2,1-2H3. The first-order valence-electron chi connectivity index (χ1n) is 8.54. The van der Waals surface area contributed by atoms with E-state index in [1.807, 2.05) is 20.2 Å². The van der Waals surface area contributed by atoms with Crippen molar-refractivity contribution in [2.75, 3.05) is 18.0 Å². The summed E-state index contributed by atoms with van der Waals surface area (Å²) in [5.74, 6) is 1.40. The summed E-state index contributed by atoms with van der Waals surface area (Å²) in [7, 11) is 1.89. The van der Waals surface area contributed by atoms with Crippen LogP contribution < -0.4 is 10.5 Å². The molecule has 130 valence electrons. The first-order valence-corrected chi connectivity index (χ1v) is 8.54. The summed E-state index contributed by atoms with van der Waals surface area (Å²) in [6.45, 7) is 4.41. The van der Waals surface area contributed by atoms with Gasteiger partial charge in [-0.25, -0.2) is 14.6 Å². The predicted molar refractivity (Wildman–Crippen MR) is 94.5 cm³/mol. The molecule has 0 aliphatic carbocycles. The Kier molecular flexibility index (Phi) is 3.95. The maximum atomic E-state index is 11.9. The first-order chi connectivity index (χ1) is 12.1. The van der Waals surface area contributed by atoms with Gasteiger partial charge in [0.05, 0.1) is 17.3 Å². The van der Waals surface area contributed by atoms with Gasteiger partial charge in [-0.15, -0.1) is 0 Å². The van der Waals surface area contributed by atoms with Crippen LogP contribution in [0.15, 0.2) is 29.5 Å². The molecule has 8 heteroatoms. The van der Waals surface area contributed by atoms with Crippen molar-refractivity contribution in [1.82, 2.24) is 29.5 Å². The Morgan fingerprint density at radius 1 is 1.20 bits per heavy atom. The van der Waals surface area contributed by atoms with Crippen LogP contribution in [0, 0.1) is 12.8 Å². The summed E-state index contributed by atoms with van der Waals surface area (Å²) >= 11 is 0. The Labute approximate surface area is 145 Å². The molecule has 3 aromatic heterocycles. The van der Waals surface area contributed by atoms with E-state index in [9.17, 15) is 4.79 Å². The Bertz CT molecular complexity index is 953. The van der Waals surface area contributed by atoms with Crippen molar-refractivity contribution >= 4 is 16.9 Å². The zero-order chi connectivity index (χ0) is 17.4. The second kappa shape index (κ2) is 6.27. The average molecular weight is 339 g/mol. The lowest BCUT2D eigenvalue weighted by Crippen LogP contribution is -2.37. The highest BCUT2D eigenvalue weighted by Gasteiger charge is 2.23. The Morgan fingerprint density at radius 3 is 2.80 bits per heavy atom. The number of anilines is 1. The number of hydrogen-bond donors (Lipinski definition) is 0. The number of nitrogens with zero attached hydrogens (tertiary/aromatic N) is 7. The van der Waals surface area contributed by atoms with E-state index in [1.165, 1.54) is 0 Å². The summed E-state index contributed by atoms with van der Waals surface area (Å²) < 4.78 is 3.36. The molecule has 1 aliphatic heterocycles. The van der Waals surface area contributed by atoms with Crippen LogP contribution in [0.3, 0.4) is 0 Å². The van der Waals surface area contributed by atoms with Crippen LogP contribution in [0.5, 0.6) is 0 Å². The van der Waals surface area contributed by atoms with E-state index >= 15 is 0 Å². The zero-order valence-corrected chi connectivity index (χ0v) is 14.5. The minimum Gasteiger partial charge on any atom is -0.356 e. The lowest BCUT2D eigenvalue weighted by atomic mass is 9.96. The van der Waals surface area contributed by atoms with Gasteiger partial charge in [0.25, 0.3) is 5.56 Å². The zero-order valence-electron chi connectivity index (χ0n) is 14.5. The molecule has 4 heterocycles. The number of aryl methyl sites for hydroxylation is 2. The molecule has 8 nitrogen and oxygen atoms in total. The Morgan fingerprint density at radius 2 is 2.00 bits per heavy atom. The molecule has 0 atom stereocenters. The first kappa shape index (κ1) is 15.7. The van der Waals surface area contributed by atoms with E-state index < -0.39 is 0 Å². The van der Waals surface area contributed by atoms with Crippen molar-refractivity contribution < 1.29 is 0 Å². The van der Waals surface area contributed by atoms with E-state index in [1.54, 1.807) is 27.8 Å².